The summed E-state index contributed by atoms with van der Waals surface area (Å²) in [6.45, 7) is 9.89. The lowest BCUT2D eigenvalue weighted by molar-refractivity contribution is -0.141. The lowest BCUT2D eigenvalue weighted by atomic mass is 9.98. The highest BCUT2D eigenvalue weighted by Gasteiger charge is 2.33. The van der Waals surface area contributed by atoms with Gasteiger partial charge in [0.25, 0.3) is 0 Å². The summed E-state index contributed by atoms with van der Waals surface area (Å²) in [4.78, 5) is 125. The minimum atomic E-state index is -1.44. The maximum atomic E-state index is 13.5. The monoisotopic (exact) mass is 815 g/mol. The zero-order chi connectivity index (χ0) is 44.1. The summed E-state index contributed by atoms with van der Waals surface area (Å²) in [6, 6.07) is 2.60. The van der Waals surface area contributed by atoms with Crippen LogP contribution in [0.15, 0.2) is 42.5 Å². The molecule has 0 spiro atoms. The van der Waals surface area contributed by atoms with Crippen molar-refractivity contribution in [2.45, 2.75) is 91.5 Å². The van der Waals surface area contributed by atoms with Crippen LogP contribution in [0.3, 0.4) is 0 Å². The number of aliphatic carboxylic acids is 1. The number of nitrogens with two attached hydrogens (primary N) is 1. The van der Waals surface area contributed by atoms with Crippen molar-refractivity contribution in [3.8, 4) is 0 Å². The minimum absolute atomic E-state index is 0.0151. The molecule has 0 fully saturated rings. The molecule has 0 bridgehead atoms. The number of hydrogen-bond donors (Lipinski definition) is 10. The number of benzene rings is 1. The van der Waals surface area contributed by atoms with Gasteiger partial charge in [-0.25, -0.2) is 4.79 Å². The van der Waals surface area contributed by atoms with Gasteiger partial charge in [-0.15, -0.1) is 0 Å². The Morgan fingerprint density at radius 1 is 0.621 bits per heavy atom. The summed E-state index contributed by atoms with van der Waals surface area (Å²) in [6.07, 6.45) is 1.64. The number of carbonyl (C=O) groups is 10. The Bertz CT molecular complexity index is 1670. The molecule has 0 saturated carbocycles. The van der Waals surface area contributed by atoms with Crippen molar-refractivity contribution in [1.82, 2.24) is 42.5 Å². The van der Waals surface area contributed by atoms with Gasteiger partial charge >= 0.3 is 5.97 Å². The molecule has 1 aromatic rings. The van der Waals surface area contributed by atoms with Crippen LogP contribution < -0.4 is 48.3 Å². The highest BCUT2D eigenvalue weighted by atomic mass is 16.4. The lowest BCUT2D eigenvalue weighted by Crippen LogP contribution is -2.60. The number of rotatable bonds is 24. The first-order chi connectivity index (χ1) is 27.1. The molecule has 1 aromatic carbocycles. The maximum absolute atomic E-state index is 13.5. The van der Waals surface area contributed by atoms with Crippen LogP contribution in [0.25, 0.3) is 0 Å². The van der Waals surface area contributed by atoms with E-state index in [1.165, 1.54) is 6.92 Å². The number of carboxylic acid groups (broad SMARTS) is 1. The summed E-state index contributed by atoms with van der Waals surface area (Å²) >= 11 is 0. The van der Waals surface area contributed by atoms with Crippen LogP contribution in [0.1, 0.15) is 60.5 Å². The van der Waals surface area contributed by atoms with Gasteiger partial charge in [0.1, 0.15) is 30.2 Å². The molecule has 5 unspecified atom stereocenters. The highest BCUT2D eigenvalue weighted by molar-refractivity contribution is 6.00. The fourth-order valence-corrected chi connectivity index (χ4v) is 5.16. The first kappa shape index (κ1) is 49.7. The quantitative estimate of drug-likeness (QED) is 0.0487. The minimum Gasteiger partial charge on any atom is -0.480 e. The standard InChI is InChI=1S/C38H57N9O11/c1-20(2)15-25(35(54)47-33(22(5)6)37(56)46-32(21(3)4)34(39)53)45-36(55)27(17-40-23(7)48)44-29(50)14-13-28(49)41-18-30(51)42-19-31(52)43-26(38(57)58)16-24-11-9-8-10-12-24/h8-14,20-22,25-27,32-33H,15-19H2,1-7H3,(H2,39,53)(H,40,48)(H,41,49)(H,42,51)(H,43,52)(H,44,50)(H,45,55)(H,46,56)(H,47,54)(H,57,58). The average Bonchev–Trinajstić information content (AvgIpc) is 3.13. The predicted molar refractivity (Wildman–Crippen MR) is 210 cm³/mol. The largest absolute Gasteiger partial charge is 0.480 e. The van der Waals surface area contributed by atoms with Gasteiger partial charge in [-0.2, -0.15) is 0 Å². The zero-order valence-corrected chi connectivity index (χ0v) is 33.8. The molecule has 0 aliphatic carbocycles. The Hall–Kier alpha value is -6.34. The lowest BCUT2D eigenvalue weighted by Gasteiger charge is -2.29. The van der Waals surface area contributed by atoms with E-state index in [2.05, 4.69) is 42.5 Å². The Morgan fingerprint density at radius 3 is 1.71 bits per heavy atom. The third-order valence-corrected chi connectivity index (χ3v) is 8.22. The van der Waals surface area contributed by atoms with Crippen molar-refractivity contribution in [2.24, 2.45) is 23.5 Å². The van der Waals surface area contributed by atoms with E-state index in [0.717, 1.165) is 12.2 Å². The van der Waals surface area contributed by atoms with Crippen molar-refractivity contribution in [3.05, 3.63) is 48.0 Å². The van der Waals surface area contributed by atoms with Gasteiger partial charge in [0.2, 0.25) is 53.2 Å². The van der Waals surface area contributed by atoms with Crippen LogP contribution in [0.2, 0.25) is 0 Å². The molecule has 11 N–H and O–H groups in total. The van der Waals surface area contributed by atoms with Gasteiger partial charge < -0.3 is 53.4 Å². The molecule has 0 aromatic heterocycles. The van der Waals surface area contributed by atoms with E-state index in [4.69, 9.17) is 5.73 Å². The fourth-order valence-electron chi connectivity index (χ4n) is 5.16. The number of carbonyl (C=O) groups excluding carboxylic acids is 9. The Labute approximate surface area is 337 Å². The second kappa shape index (κ2) is 25.0. The third-order valence-electron chi connectivity index (χ3n) is 8.22. The summed E-state index contributed by atoms with van der Waals surface area (Å²) in [7, 11) is 0. The van der Waals surface area contributed by atoms with Crippen molar-refractivity contribution < 1.29 is 53.1 Å². The Morgan fingerprint density at radius 2 is 1.17 bits per heavy atom. The smallest absolute Gasteiger partial charge is 0.326 e. The summed E-state index contributed by atoms with van der Waals surface area (Å²) < 4.78 is 0. The number of hydrogen-bond acceptors (Lipinski definition) is 10. The van der Waals surface area contributed by atoms with Gasteiger partial charge in [0.05, 0.1) is 13.1 Å². The predicted octanol–water partition coefficient (Wildman–Crippen LogP) is -2.49. The van der Waals surface area contributed by atoms with Crippen LogP contribution in [0.5, 0.6) is 0 Å². The average molecular weight is 816 g/mol. The molecule has 1 rings (SSSR count). The van der Waals surface area contributed by atoms with Crippen molar-refractivity contribution in [3.63, 3.8) is 0 Å². The fraction of sp³-hybridized carbons (Fsp3) is 0.526. The van der Waals surface area contributed by atoms with E-state index in [-0.39, 0.29) is 24.7 Å². The van der Waals surface area contributed by atoms with E-state index in [0.29, 0.717) is 5.56 Å². The van der Waals surface area contributed by atoms with E-state index < -0.39 is 115 Å². The number of amides is 9. The van der Waals surface area contributed by atoms with Crippen LogP contribution in [-0.4, -0.2) is 114 Å². The summed E-state index contributed by atoms with van der Waals surface area (Å²) in [5.74, 6) is -9.17. The molecule has 0 aliphatic heterocycles. The molecule has 9 amide bonds. The topological polar surface area (TPSA) is 313 Å². The molecule has 0 aliphatic rings. The van der Waals surface area contributed by atoms with Crippen molar-refractivity contribution in [1.29, 1.82) is 0 Å². The molecule has 0 radical (unpaired) electrons. The van der Waals surface area contributed by atoms with Crippen LogP contribution in [0.4, 0.5) is 0 Å². The first-order valence-corrected chi connectivity index (χ1v) is 18.6. The van der Waals surface area contributed by atoms with Gasteiger partial charge in [-0.3, -0.25) is 43.2 Å². The van der Waals surface area contributed by atoms with Gasteiger partial charge in [0.15, 0.2) is 0 Å². The third kappa shape index (κ3) is 19.5. The van der Waals surface area contributed by atoms with Gasteiger partial charge in [-0.1, -0.05) is 71.9 Å². The molecule has 20 nitrogen and oxygen atoms in total. The summed E-state index contributed by atoms with van der Waals surface area (Å²) in [5, 5.41) is 28.7. The van der Waals surface area contributed by atoms with E-state index >= 15 is 0 Å². The van der Waals surface area contributed by atoms with E-state index in [1.807, 2.05) is 0 Å². The Kier molecular flexibility index (Phi) is 21.4. The van der Waals surface area contributed by atoms with Gasteiger partial charge in [-0.05, 0) is 29.7 Å². The van der Waals surface area contributed by atoms with Crippen molar-refractivity contribution >= 4 is 59.1 Å². The molecule has 0 heterocycles. The molecular formula is C38H57N9O11. The van der Waals surface area contributed by atoms with E-state index in [1.54, 1.807) is 71.9 Å². The summed E-state index contributed by atoms with van der Waals surface area (Å²) in [5.41, 5.74) is 6.11. The second-order valence-electron chi connectivity index (χ2n) is 14.5. The second-order valence-corrected chi connectivity index (χ2v) is 14.5. The van der Waals surface area contributed by atoms with Crippen molar-refractivity contribution in [2.75, 3.05) is 19.6 Å². The first-order valence-electron chi connectivity index (χ1n) is 18.6. The number of carboxylic acids is 1. The van der Waals surface area contributed by atoms with Crippen LogP contribution in [-0.2, 0) is 54.4 Å². The Balaban J connectivity index is 2.87. The SMILES string of the molecule is CC(=O)NCC(NC(=O)C=CC(=O)NCC(=O)NCC(=O)NC(Cc1ccccc1)C(=O)O)C(=O)NC(CC(C)C)C(=O)NC(C(=O)NC(C(N)=O)C(C)C)C(C)C. The number of nitrogens with one attached hydrogen (secondary N) is 8. The highest BCUT2D eigenvalue weighted by Crippen LogP contribution is 2.10. The zero-order valence-electron chi connectivity index (χ0n) is 33.8. The molecule has 0 saturated heterocycles. The molecule has 58 heavy (non-hydrogen) atoms. The molecular weight excluding hydrogens is 758 g/mol. The maximum Gasteiger partial charge on any atom is 0.326 e. The van der Waals surface area contributed by atoms with Crippen LogP contribution >= 0.6 is 0 Å². The van der Waals surface area contributed by atoms with E-state index in [9.17, 15) is 53.1 Å². The number of primary amides is 1. The molecule has 20 heteroatoms. The normalized spacial score (nSPS) is 13.6. The van der Waals surface area contributed by atoms with Crippen LogP contribution in [0, 0.1) is 17.8 Å². The molecule has 320 valence electrons. The molecule has 5 atom stereocenters. The van der Waals surface area contributed by atoms with Gasteiger partial charge in [0, 0.05) is 32.0 Å².